The number of ether oxygens (including phenoxy) is 2. The van der Waals surface area contributed by atoms with Gasteiger partial charge in [0.25, 0.3) is 0 Å². The predicted octanol–water partition coefficient (Wildman–Crippen LogP) is 0.188. The average Bonchev–Trinajstić information content (AvgIpc) is 3.19. The molecule has 1 fully saturated rings. The van der Waals surface area contributed by atoms with Gasteiger partial charge in [-0.2, -0.15) is 0 Å². The van der Waals surface area contributed by atoms with Crippen LogP contribution in [0.3, 0.4) is 0 Å². The number of esters is 2. The number of rotatable bonds is 14. The minimum Gasteiger partial charge on any atom is -0.464 e. The minimum absolute atomic E-state index is 0.00203. The van der Waals surface area contributed by atoms with Gasteiger partial charge in [0.05, 0.1) is 26.4 Å². The van der Waals surface area contributed by atoms with Crippen molar-refractivity contribution >= 4 is 23.8 Å². The number of carbonyl (C=O) groups is 4. The monoisotopic (exact) mass is 444 g/mol. The van der Waals surface area contributed by atoms with Crippen molar-refractivity contribution in [3.05, 3.63) is 0 Å². The molecule has 1 rings (SSSR count). The fourth-order valence-corrected chi connectivity index (χ4v) is 3.68. The molecule has 31 heavy (non-hydrogen) atoms. The third-order valence-corrected chi connectivity index (χ3v) is 5.24. The minimum atomic E-state index is -1.15. The summed E-state index contributed by atoms with van der Waals surface area (Å²) in [5.41, 5.74) is -0.616. The number of aliphatic hydroxyl groups excluding tert-OH is 2. The highest BCUT2D eigenvalue weighted by molar-refractivity contribution is 5.87. The molecule has 0 aromatic heterocycles. The second kappa shape index (κ2) is 14.0. The number of carbonyl (C=O) groups excluding carboxylic acids is 4. The van der Waals surface area contributed by atoms with Gasteiger partial charge in [0.1, 0.15) is 0 Å². The molecule has 0 saturated heterocycles. The Kier molecular flexibility index (Phi) is 12.1. The molecule has 1 aliphatic rings. The Morgan fingerprint density at radius 3 is 1.52 bits per heavy atom. The van der Waals surface area contributed by atoms with Gasteiger partial charge in [0.15, 0.2) is 12.1 Å². The van der Waals surface area contributed by atoms with Gasteiger partial charge in [-0.3, -0.25) is 9.59 Å². The second-order valence-electron chi connectivity index (χ2n) is 8.00. The molecule has 0 bridgehead atoms. The predicted molar refractivity (Wildman–Crippen MR) is 111 cm³/mol. The van der Waals surface area contributed by atoms with E-state index in [2.05, 4.69) is 10.6 Å². The summed E-state index contributed by atoms with van der Waals surface area (Å²) in [6.07, 6.45) is 4.23. The van der Waals surface area contributed by atoms with Gasteiger partial charge < -0.3 is 30.3 Å². The van der Waals surface area contributed by atoms with E-state index in [0.29, 0.717) is 25.7 Å². The molecule has 1 aliphatic carbocycles. The van der Waals surface area contributed by atoms with Crippen molar-refractivity contribution in [1.29, 1.82) is 0 Å². The topological polar surface area (TPSA) is 151 Å². The van der Waals surface area contributed by atoms with Crippen molar-refractivity contribution in [2.75, 3.05) is 26.4 Å². The van der Waals surface area contributed by atoms with Crippen molar-refractivity contribution in [1.82, 2.24) is 10.6 Å². The maximum atomic E-state index is 12.6. The van der Waals surface area contributed by atoms with Gasteiger partial charge in [-0.05, 0) is 31.1 Å². The molecule has 10 heteroatoms. The Hall–Kier alpha value is -2.20. The van der Waals surface area contributed by atoms with Crippen LogP contribution in [0.2, 0.25) is 0 Å². The number of amides is 2. The lowest BCUT2D eigenvalue weighted by atomic mass is 9.78. The van der Waals surface area contributed by atoms with Crippen LogP contribution < -0.4 is 10.6 Å². The SMILES string of the molecule is CCCOC(=O)[C@@H](CO)NC(=O)CC1(CC(=O)N[C@H](CO)C(=O)OCCC)CCCC1. The quantitative estimate of drug-likeness (QED) is 0.277. The van der Waals surface area contributed by atoms with Crippen LogP contribution in [-0.4, -0.2) is 72.5 Å². The molecule has 0 unspecified atom stereocenters. The first kappa shape index (κ1) is 26.8. The molecule has 178 valence electrons. The summed E-state index contributed by atoms with van der Waals surface area (Å²) in [6.45, 7) is 2.89. The van der Waals surface area contributed by atoms with Crippen molar-refractivity contribution < 1.29 is 38.9 Å². The lowest BCUT2D eigenvalue weighted by Gasteiger charge is -2.29. The molecule has 4 N–H and O–H groups in total. The Balaban J connectivity index is 2.69. The molecule has 0 radical (unpaired) electrons. The highest BCUT2D eigenvalue weighted by atomic mass is 16.5. The Morgan fingerprint density at radius 1 is 0.806 bits per heavy atom. The highest BCUT2D eigenvalue weighted by Crippen LogP contribution is 2.44. The normalized spacial score (nSPS) is 16.8. The third kappa shape index (κ3) is 9.22. The molecule has 0 aliphatic heterocycles. The van der Waals surface area contributed by atoms with Gasteiger partial charge in [0.2, 0.25) is 11.8 Å². The van der Waals surface area contributed by atoms with Gasteiger partial charge in [0, 0.05) is 12.8 Å². The summed E-state index contributed by atoms with van der Waals surface area (Å²) in [5, 5.41) is 23.8. The molecule has 2 atom stereocenters. The first-order valence-corrected chi connectivity index (χ1v) is 10.9. The summed E-state index contributed by atoms with van der Waals surface area (Å²) >= 11 is 0. The highest BCUT2D eigenvalue weighted by Gasteiger charge is 2.39. The van der Waals surface area contributed by atoms with Crippen LogP contribution >= 0.6 is 0 Å². The van der Waals surface area contributed by atoms with E-state index in [1.165, 1.54) is 0 Å². The lowest BCUT2D eigenvalue weighted by molar-refractivity contribution is -0.149. The van der Waals surface area contributed by atoms with Crippen LogP contribution in [0.15, 0.2) is 0 Å². The van der Waals surface area contributed by atoms with Crippen LogP contribution in [-0.2, 0) is 28.7 Å². The summed E-state index contributed by atoms with van der Waals surface area (Å²) in [5.74, 6) is -2.31. The summed E-state index contributed by atoms with van der Waals surface area (Å²) in [4.78, 5) is 49.0. The average molecular weight is 445 g/mol. The van der Waals surface area contributed by atoms with Crippen LogP contribution in [0.5, 0.6) is 0 Å². The van der Waals surface area contributed by atoms with E-state index in [-0.39, 0.29) is 26.1 Å². The molecule has 0 heterocycles. The van der Waals surface area contributed by atoms with E-state index < -0.39 is 54.5 Å². The van der Waals surface area contributed by atoms with Crippen LogP contribution in [0, 0.1) is 5.41 Å². The molecular formula is C21H36N2O8. The summed E-state index contributed by atoms with van der Waals surface area (Å²) in [6, 6.07) is -2.31. The number of hydrogen-bond acceptors (Lipinski definition) is 8. The molecule has 1 saturated carbocycles. The maximum absolute atomic E-state index is 12.6. The number of hydrogen-bond donors (Lipinski definition) is 4. The van der Waals surface area contributed by atoms with Gasteiger partial charge in [-0.15, -0.1) is 0 Å². The third-order valence-electron chi connectivity index (χ3n) is 5.24. The van der Waals surface area contributed by atoms with Crippen LogP contribution in [0.4, 0.5) is 0 Å². The fraction of sp³-hybridized carbons (Fsp3) is 0.810. The summed E-state index contributed by atoms with van der Waals surface area (Å²) < 4.78 is 9.93. The summed E-state index contributed by atoms with van der Waals surface area (Å²) in [7, 11) is 0. The molecule has 2 amide bonds. The first-order valence-electron chi connectivity index (χ1n) is 10.9. The Bertz CT molecular complexity index is 558. The van der Waals surface area contributed by atoms with Gasteiger partial charge >= 0.3 is 11.9 Å². The molecule has 0 aromatic rings. The van der Waals surface area contributed by atoms with Crippen molar-refractivity contribution in [3.63, 3.8) is 0 Å². The van der Waals surface area contributed by atoms with E-state index in [0.717, 1.165) is 12.8 Å². The molecule has 0 spiro atoms. The van der Waals surface area contributed by atoms with Crippen LogP contribution in [0.25, 0.3) is 0 Å². The zero-order valence-electron chi connectivity index (χ0n) is 18.5. The largest absolute Gasteiger partial charge is 0.464 e. The fourth-order valence-electron chi connectivity index (χ4n) is 3.68. The van der Waals surface area contributed by atoms with Crippen molar-refractivity contribution in [2.45, 2.75) is 77.3 Å². The Labute approximate surface area is 183 Å². The zero-order chi connectivity index (χ0) is 23.3. The Morgan fingerprint density at radius 2 is 1.19 bits per heavy atom. The molecule has 0 aromatic carbocycles. The second-order valence-corrected chi connectivity index (χ2v) is 8.00. The smallest absolute Gasteiger partial charge is 0.331 e. The lowest BCUT2D eigenvalue weighted by Crippen LogP contribution is -2.47. The number of aliphatic hydroxyl groups is 2. The molecular weight excluding hydrogens is 408 g/mol. The van der Waals surface area contributed by atoms with E-state index in [4.69, 9.17) is 9.47 Å². The van der Waals surface area contributed by atoms with E-state index >= 15 is 0 Å². The van der Waals surface area contributed by atoms with Crippen LogP contribution in [0.1, 0.15) is 65.2 Å². The number of nitrogens with one attached hydrogen (secondary N) is 2. The van der Waals surface area contributed by atoms with Gasteiger partial charge in [-0.25, -0.2) is 9.59 Å². The van der Waals surface area contributed by atoms with E-state index in [1.54, 1.807) is 0 Å². The van der Waals surface area contributed by atoms with Crippen molar-refractivity contribution in [3.8, 4) is 0 Å². The maximum Gasteiger partial charge on any atom is 0.331 e. The molecule has 10 nitrogen and oxygen atoms in total. The zero-order valence-corrected chi connectivity index (χ0v) is 18.5. The van der Waals surface area contributed by atoms with Crippen molar-refractivity contribution in [2.24, 2.45) is 5.41 Å². The van der Waals surface area contributed by atoms with Gasteiger partial charge in [-0.1, -0.05) is 26.7 Å². The standard InChI is InChI=1S/C21H36N2O8/c1-3-9-30-19(28)15(13-24)22-17(26)11-21(7-5-6-8-21)12-18(27)23-16(14-25)20(29)31-10-4-2/h15-16,24-25H,3-14H2,1-2H3,(H,22,26)(H,23,27)/t15-,16-/m1/s1. The van der Waals surface area contributed by atoms with E-state index in [1.807, 2.05) is 13.8 Å². The van der Waals surface area contributed by atoms with E-state index in [9.17, 15) is 29.4 Å². The first-order chi connectivity index (χ1) is 14.8.